The molecule has 17 heavy (non-hydrogen) atoms. The molecule has 4 nitrogen and oxygen atoms in total. The van der Waals surface area contributed by atoms with E-state index in [4.69, 9.17) is 5.26 Å². The van der Waals surface area contributed by atoms with Crippen LogP contribution in [0.1, 0.15) is 17.0 Å². The van der Waals surface area contributed by atoms with Crippen molar-refractivity contribution >= 4 is 11.8 Å². The van der Waals surface area contributed by atoms with Gasteiger partial charge in [0.2, 0.25) is 5.16 Å². The molecule has 0 saturated heterocycles. The summed E-state index contributed by atoms with van der Waals surface area (Å²) in [5.74, 6) is 0.807. The van der Waals surface area contributed by atoms with E-state index in [2.05, 4.69) is 15.2 Å². The van der Waals surface area contributed by atoms with Crippen LogP contribution in [0.15, 0.2) is 23.4 Å². The second kappa shape index (κ2) is 4.97. The van der Waals surface area contributed by atoms with Crippen molar-refractivity contribution < 1.29 is 4.39 Å². The number of aromatic amines is 1. The quantitative estimate of drug-likeness (QED) is 0.847. The lowest BCUT2D eigenvalue weighted by molar-refractivity contribution is 0.617. The first-order chi connectivity index (χ1) is 8.19. The number of rotatable bonds is 3. The average Bonchev–Trinajstić information content (AvgIpc) is 2.74. The molecule has 2 rings (SSSR count). The van der Waals surface area contributed by atoms with Gasteiger partial charge in [-0.1, -0.05) is 11.8 Å². The third-order valence-electron chi connectivity index (χ3n) is 2.11. The first kappa shape index (κ1) is 11.6. The SMILES string of the molecule is Cc1nc(SCc2cc(C#N)ccc2F)n[nH]1. The summed E-state index contributed by atoms with van der Waals surface area (Å²) in [6.07, 6.45) is 0. The highest BCUT2D eigenvalue weighted by molar-refractivity contribution is 7.98. The number of aryl methyl sites for hydroxylation is 1. The molecule has 1 aromatic carbocycles. The number of nitrogens with one attached hydrogen (secondary N) is 1. The molecule has 0 radical (unpaired) electrons. The molecule has 1 N–H and O–H groups in total. The highest BCUT2D eigenvalue weighted by atomic mass is 32.2. The van der Waals surface area contributed by atoms with Gasteiger partial charge in [-0.15, -0.1) is 5.10 Å². The van der Waals surface area contributed by atoms with Crippen molar-refractivity contribution in [3.05, 3.63) is 41.0 Å². The maximum Gasteiger partial charge on any atom is 0.208 e. The molecule has 0 amide bonds. The van der Waals surface area contributed by atoms with Gasteiger partial charge in [-0.05, 0) is 30.7 Å². The zero-order valence-electron chi connectivity index (χ0n) is 9.07. The number of H-pyrrole nitrogens is 1. The van der Waals surface area contributed by atoms with Crippen LogP contribution in [0, 0.1) is 24.1 Å². The molecule has 0 fully saturated rings. The van der Waals surface area contributed by atoms with Crippen LogP contribution < -0.4 is 0 Å². The number of nitriles is 1. The Bertz CT molecular complexity index is 573. The molecule has 1 heterocycles. The summed E-state index contributed by atoms with van der Waals surface area (Å²) >= 11 is 1.32. The summed E-state index contributed by atoms with van der Waals surface area (Å²) < 4.78 is 13.4. The smallest absolute Gasteiger partial charge is 0.208 e. The molecule has 2 aromatic rings. The molecule has 0 bridgehead atoms. The first-order valence-corrected chi connectivity index (χ1v) is 5.88. The molecule has 0 aliphatic rings. The number of benzene rings is 1. The highest BCUT2D eigenvalue weighted by Crippen LogP contribution is 2.21. The predicted molar refractivity (Wildman–Crippen MR) is 61.8 cm³/mol. The van der Waals surface area contributed by atoms with Crippen molar-refractivity contribution in [2.45, 2.75) is 17.8 Å². The van der Waals surface area contributed by atoms with Crippen molar-refractivity contribution in [2.75, 3.05) is 0 Å². The number of thioether (sulfide) groups is 1. The minimum Gasteiger partial charge on any atom is -0.262 e. The van der Waals surface area contributed by atoms with Crippen LogP contribution in [-0.2, 0) is 5.75 Å². The minimum absolute atomic E-state index is 0.316. The Morgan fingerprint density at radius 2 is 2.35 bits per heavy atom. The Labute approximate surface area is 102 Å². The molecule has 0 atom stereocenters. The van der Waals surface area contributed by atoms with Crippen molar-refractivity contribution in [3.8, 4) is 6.07 Å². The fraction of sp³-hybridized carbons (Fsp3) is 0.182. The Hall–Kier alpha value is -1.87. The van der Waals surface area contributed by atoms with Gasteiger partial charge in [0, 0.05) is 5.75 Å². The Balaban J connectivity index is 2.11. The lowest BCUT2D eigenvalue weighted by Gasteiger charge is -2.01. The van der Waals surface area contributed by atoms with Gasteiger partial charge in [-0.25, -0.2) is 9.37 Å². The van der Waals surface area contributed by atoms with Crippen molar-refractivity contribution in [3.63, 3.8) is 0 Å². The van der Waals surface area contributed by atoms with Gasteiger partial charge in [-0.3, -0.25) is 5.10 Å². The van der Waals surface area contributed by atoms with E-state index in [1.807, 2.05) is 6.07 Å². The molecule has 0 spiro atoms. The van der Waals surface area contributed by atoms with Gasteiger partial charge in [0.25, 0.3) is 0 Å². The van der Waals surface area contributed by atoms with E-state index in [9.17, 15) is 4.39 Å². The van der Waals surface area contributed by atoms with Crippen molar-refractivity contribution in [1.29, 1.82) is 5.26 Å². The van der Waals surface area contributed by atoms with Crippen molar-refractivity contribution in [1.82, 2.24) is 15.2 Å². The van der Waals surface area contributed by atoms with E-state index in [0.717, 1.165) is 5.82 Å². The van der Waals surface area contributed by atoms with E-state index in [-0.39, 0.29) is 5.82 Å². The lowest BCUT2D eigenvalue weighted by atomic mass is 10.1. The second-order valence-corrected chi connectivity index (χ2v) is 4.35. The molecule has 6 heteroatoms. The van der Waals surface area contributed by atoms with Gasteiger partial charge in [-0.2, -0.15) is 5.26 Å². The summed E-state index contributed by atoms with van der Waals surface area (Å²) in [7, 11) is 0. The van der Waals surface area contributed by atoms with E-state index >= 15 is 0 Å². The van der Waals surface area contributed by atoms with Crippen molar-refractivity contribution in [2.24, 2.45) is 0 Å². The van der Waals surface area contributed by atoms with Gasteiger partial charge < -0.3 is 0 Å². The number of aromatic nitrogens is 3. The third kappa shape index (κ3) is 2.82. The first-order valence-electron chi connectivity index (χ1n) is 4.89. The maximum atomic E-state index is 13.4. The normalized spacial score (nSPS) is 10.2. The third-order valence-corrected chi connectivity index (χ3v) is 3.00. The Morgan fingerprint density at radius 1 is 1.53 bits per heavy atom. The summed E-state index contributed by atoms with van der Waals surface area (Å²) in [5.41, 5.74) is 0.935. The fourth-order valence-corrected chi connectivity index (χ4v) is 2.10. The van der Waals surface area contributed by atoms with E-state index in [0.29, 0.717) is 22.0 Å². The largest absolute Gasteiger partial charge is 0.262 e. The topological polar surface area (TPSA) is 65.4 Å². The lowest BCUT2D eigenvalue weighted by Crippen LogP contribution is -1.90. The Kier molecular flexibility index (Phi) is 3.40. The summed E-state index contributed by atoms with van der Waals surface area (Å²) in [4.78, 5) is 4.11. The molecule has 0 aliphatic carbocycles. The van der Waals surface area contributed by atoms with Crippen LogP contribution in [0.4, 0.5) is 4.39 Å². The van der Waals surface area contributed by atoms with Gasteiger partial charge >= 0.3 is 0 Å². The molecular formula is C11H9FN4S. The van der Waals surface area contributed by atoms with Crippen LogP contribution in [0.3, 0.4) is 0 Å². The number of hydrogen-bond acceptors (Lipinski definition) is 4. The Morgan fingerprint density at radius 3 is 3.00 bits per heavy atom. The number of halogens is 1. The van der Waals surface area contributed by atoms with E-state index in [1.165, 1.54) is 23.9 Å². The van der Waals surface area contributed by atoms with Crippen LogP contribution in [0.2, 0.25) is 0 Å². The monoisotopic (exact) mass is 248 g/mol. The van der Waals surface area contributed by atoms with Crippen LogP contribution in [0.5, 0.6) is 0 Å². The fourth-order valence-electron chi connectivity index (χ4n) is 1.28. The van der Waals surface area contributed by atoms with Gasteiger partial charge in [0.1, 0.15) is 11.6 Å². The van der Waals surface area contributed by atoms with Gasteiger partial charge in [0.15, 0.2) is 0 Å². The molecular weight excluding hydrogens is 239 g/mol. The summed E-state index contributed by atoms with van der Waals surface area (Å²) in [6.45, 7) is 1.80. The number of hydrogen-bond donors (Lipinski definition) is 1. The average molecular weight is 248 g/mol. The molecule has 0 unspecified atom stereocenters. The molecule has 0 saturated carbocycles. The zero-order chi connectivity index (χ0) is 12.3. The summed E-state index contributed by atoms with van der Waals surface area (Å²) in [5, 5.41) is 16.0. The second-order valence-electron chi connectivity index (χ2n) is 3.41. The van der Waals surface area contributed by atoms with Gasteiger partial charge in [0.05, 0.1) is 11.6 Å². The predicted octanol–water partition coefficient (Wildman–Crippen LogP) is 2.42. The molecule has 86 valence electrons. The van der Waals surface area contributed by atoms with Crippen LogP contribution in [-0.4, -0.2) is 15.2 Å². The summed E-state index contributed by atoms with van der Waals surface area (Å²) in [6, 6.07) is 6.29. The van der Waals surface area contributed by atoms with E-state index in [1.54, 1.807) is 13.0 Å². The highest BCUT2D eigenvalue weighted by Gasteiger charge is 2.06. The molecule has 1 aromatic heterocycles. The minimum atomic E-state index is -0.316. The van der Waals surface area contributed by atoms with Crippen LogP contribution >= 0.6 is 11.8 Å². The zero-order valence-corrected chi connectivity index (χ0v) is 9.88. The standard InChI is InChI=1S/C11H9FN4S/c1-7-14-11(16-15-7)17-6-9-4-8(5-13)2-3-10(9)12/h2-4H,6H2,1H3,(H,14,15,16). The number of nitrogens with zero attached hydrogens (tertiary/aromatic N) is 3. The maximum absolute atomic E-state index is 13.4. The molecule has 0 aliphatic heterocycles. The van der Waals surface area contributed by atoms with Crippen LogP contribution in [0.25, 0.3) is 0 Å². The van der Waals surface area contributed by atoms with E-state index < -0.39 is 0 Å².